The molecule has 0 radical (unpaired) electrons. The van der Waals surface area contributed by atoms with E-state index in [2.05, 4.69) is 153 Å². The Morgan fingerprint density at radius 2 is 1.13 bits per heavy atom. The average Bonchev–Trinajstić information content (AvgIpc) is 2.02. The predicted molar refractivity (Wildman–Crippen MR) is 326 cm³/mol. The van der Waals surface area contributed by atoms with Gasteiger partial charge < -0.3 is 29.0 Å². The molecule has 0 saturated carbocycles. The molecular formula is C60H78BClN18O6. The molecule has 24 nitrogen and oxygen atoms in total. The van der Waals surface area contributed by atoms with Gasteiger partial charge in [-0.25, -0.2) is 19.9 Å². The summed E-state index contributed by atoms with van der Waals surface area (Å²) >= 11 is 5.59. The van der Waals surface area contributed by atoms with Crippen molar-refractivity contribution in [1.29, 1.82) is 0 Å². The van der Waals surface area contributed by atoms with E-state index >= 15 is 0 Å². The Morgan fingerprint density at radius 1 is 0.651 bits per heavy atom. The Hall–Kier alpha value is -7.71. The van der Waals surface area contributed by atoms with Gasteiger partial charge in [0.15, 0.2) is 17.5 Å². The van der Waals surface area contributed by atoms with Crippen molar-refractivity contribution in [3.63, 3.8) is 0 Å². The molecule has 8 aromatic rings. The second-order valence-electron chi connectivity index (χ2n) is 25.0. The van der Waals surface area contributed by atoms with Crippen molar-refractivity contribution in [3.8, 4) is 11.4 Å². The number of hydrogen-bond donors (Lipinski definition) is 2. The van der Waals surface area contributed by atoms with Crippen molar-refractivity contribution >= 4 is 59.0 Å². The van der Waals surface area contributed by atoms with E-state index in [-0.39, 0.29) is 62.5 Å². The first-order valence-electron chi connectivity index (χ1n) is 29.1. The van der Waals surface area contributed by atoms with Crippen molar-refractivity contribution in [2.45, 2.75) is 156 Å². The Labute approximate surface area is 507 Å². The lowest BCUT2D eigenvalue weighted by Crippen LogP contribution is -2.41. The Bertz CT molecular complexity index is 3630. The molecular weight excluding hydrogens is 1120 g/mol. The second kappa shape index (κ2) is 26.1. The molecule has 454 valence electrons. The lowest BCUT2D eigenvalue weighted by Gasteiger charge is -2.32. The molecule has 3 aliphatic heterocycles. The van der Waals surface area contributed by atoms with E-state index in [1.807, 2.05) is 67.9 Å². The van der Waals surface area contributed by atoms with Gasteiger partial charge in [-0.05, 0) is 124 Å². The lowest BCUT2D eigenvalue weighted by molar-refractivity contribution is 0.00578. The molecule has 2 aromatic carbocycles. The van der Waals surface area contributed by atoms with E-state index in [1.54, 1.807) is 28.0 Å². The SMILES string of the molecule is CCN1CC[C@@H](CC(=O)c2nc(C(C)(C)C)no2)c2ccc(-c3ncnc(Nc4cnn(C)c4)n3)cc2C1.CCN1CC[C@@H](CC(=O)c2nc(C(C)(C)C)no2)c2ccc(B3OC(C)(C)C(C)(C)O3)cc2C1.Cn1cc(Nc2ncnc(Cl)n2)cn1. The number of rotatable bonds is 14. The van der Waals surface area contributed by atoms with Crippen LogP contribution in [0.2, 0.25) is 5.28 Å². The second-order valence-corrected chi connectivity index (χ2v) is 25.4. The maximum atomic E-state index is 13.2. The van der Waals surface area contributed by atoms with Crippen LogP contribution in [0, 0.1) is 0 Å². The number of hydrogen-bond acceptors (Lipinski definition) is 22. The van der Waals surface area contributed by atoms with Crippen LogP contribution in [0.1, 0.15) is 176 Å². The molecule has 0 aliphatic carbocycles. The summed E-state index contributed by atoms with van der Waals surface area (Å²) in [5.41, 5.74) is 6.98. The molecule has 2 atom stereocenters. The number of anilines is 4. The highest BCUT2D eigenvalue weighted by atomic mass is 35.5. The topological polar surface area (TPSA) is 274 Å². The minimum absolute atomic E-state index is 0.0502. The summed E-state index contributed by atoms with van der Waals surface area (Å²) in [7, 11) is 3.28. The first-order chi connectivity index (χ1) is 40.7. The van der Waals surface area contributed by atoms with Crippen molar-refractivity contribution in [2.75, 3.05) is 36.8 Å². The fourth-order valence-electron chi connectivity index (χ4n) is 10.1. The van der Waals surface area contributed by atoms with Gasteiger partial charge in [-0.1, -0.05) is 96.0 Å². The monoisotopic (exact) mass is 1190 g/mol. The van der Waals surface area contributed by atoms with Crippen LogP contribution < -0.4 is 16.1 Å². The number of carbonyl (C=O) groups excluding carboxylic acids is 2. The number of fused-ring (bicyclic) bond motifs is 2. The van der Waals surface area contributed by atoms with Gasteiger partial charge in [-0.3, -0.25) is 28.8 Å². The van der Waals surface area contributed by atoms with E-state index in [1.165, 1.54) is 29.3 Å². The maximum Gasteiger partial charge on any atom is 0.494 e. The van der Waals surface area contributed by atoms with Gasteiger partial charge in [0.2, 0.25) is 28.7 Å². The third-order valence-corrected chi connectivity index (χ3v) is 16.0. The molecule has 1 saturated heterocycles. The highest BCUT2D eigenvalue weighted by molar-refractivity contribution is 6.62. The number of nitrogens with zero attached hydrogens (tertiary/aromatic N) is 16. The number of carbonyl (C=O) groups is 2. The van der Waals surface area contributed by atoms with Crippen LogP contribution in [0.4, 0.5) is 23.3 Å². The summed E-state index contributed by atoms with van der Waals surface area (Å²) in [4.78, 5) is 64.5. The number of nitrogens with one attached hydrogen (secondary N) is 2. The van der Waals surface area contributed by atoms with Crippen LogP contribution in [-0.4, -0.2) is 136 Å². The molecule has 1 fully saturated rings. The van der Waals surface area contributed by atoms with Gasteiger partial charge in [0, 0.05) is 68.8 Å². The molecule has 0 bridgehead atoms. The Balaban J connectivity index is 0.000000169. The van der Waals surface area contributed by atoms with Gasteiger partial charge in [-0.2, -0.15) is 30.1 Å². The van der Waals surface area contributed by atoms with Gasteiger partial charge in [0.1, 0.15) is 12.7 Å². The predicted octanol–water partition coefficient (Wildman–Crippen LogP) is 9.53. The van der Waals surface area contributed by atoms with E-state index in [0.29, 0.717) is 42.2 Å². The summed E-state index contributed by atoms with van der Waals surface area (Å²) in [6, 6.07) is 12.7. The highest BCUT2D eigenvalue weighted by Crippen LogP contribution is 2.39. The molecule has 6 aromatic heterocycles. The summed E-state index contributed by atoms with van der Waals surface area (Å²) in [5.74, 6) is 2.64. The molecule has 0 unspecified atom stereocenters. The number of halogens is 1. The zero-order chi connectivity index (χ0) is 61.7. The Morgan fingerprint density at radius 3 is 1.58 bits per heavy atom. The van der Waals surface area contributed by atoms with E-state index < -0.39 is 7.12 Å². The van der Waals surface area contributed by atoms with E-state index in [0.717, 1.165) is 80.1 Å². The summed E-state index contributed by atoms with van der Waals surface area (Å²) in [5, 5.41) is 22.5. The van der Waals surface area contributed by atoms with Crippen molar-refractivity contribution in [1.82, 2.24) is 79.5 Å². The minimum Gasteiger partial charge on any atom is -0.399 e. The van der Waals surface area contributed by atoms with Crippen LogP contribution in [0.25, 0.3) is 11.4 Å². The molecule has 0 amide bonds. The van der Waals surface area contributed by atoms with Crippen LogP contribution in [0.3, 0.4) is 0 Å². The lowest BCUT2D eigenvalue weighted by atomic mass is 9.76. The quantitative estimate of drug-likeness (QED) is 0.0757. The summed E-state index contributed by atoms with van der Waals surface area (Å²) in [6.45, 7) is 30.0. The molecule has 0 spiro atoms. The average molecular weight is 1190 g/mol. The maximum absolute atomic E-state index is 13.2. The van der Waals surface area contributed by atoms with Crippen molar-refractivity contribution in [2.24, 2.45) is 14.1 Å². The number of aromatic nitrogens is 14. The third kappa shape index (κ3) is 15.5. The van der Waals surface area contributed by atoms with Crippen LogP contribution in [0.15, 0.2) is 82.9 Å². The third-order valence-electron chi connectivity index (χ3n) is 15.8. The van der Waals surface area contributed by atoms with Gasteiger partial charge in [0.05, 0.1) is 35.0 Å². The van der Waals surface area contributed by atoms with Crippen LogP contribution in [0.5, 0.6) is 0 Å². The van der Waals surface area contributed by atoms with Crippen molar-refractivity contribution < 1.29 is 27.9 Å². The highest BCUT2D eigenvalue weighted by Gasteiger charge is 2.52. The van der Waals surface area contributed by atoms with Crippen LogP contribution in [-0.2, 0) is 47.3 Å². The first-order valence-corrected chi connectivity index (χ1v) is 29.5. The number of benzene rings is 2. The van der Waals surface area contributed by atoms with E-state index in [4.69, 9.17) is 30.0 Å². The van der Waals surface area contributed by atoms with E-state index in [9.17, 15) is 9.59 Å². The normalized spacial score (nSPS) is 17.7. The first kappa shape index (κ1) is 62.8. The molecule has 2 N–H and O–H groups in total. The fraction of sp³-hybridized carbons (Fsp3) is 0.500. The molecule has 26 heteroatoms. The van der Waals surface area contributed by atoms with Gasteiger partial charge >= 0.3 is 7.12 Å². The van der Waals surface area contributed by atoms with Crippen LogP contribution >= 0.6 is 11.6 Å². The summed E-state index contributed by atoms with van der Waals surface area (Å²) in [6.07, 6.45) is 12.3. The number of ketones is 2. The minimum atomic E-state index is -0.400. The number of aryl methyl sites for hydroxylation is 2. The van der Waals surface area contributed by atoms with Gasteiger partial charge in [0.25, 0.3) is 11.8 Å². The van der Waals surface area contributed by atoms with Crippen molar-refractivity contribution in [3.05, 3.63) is 125 Å². The van der Waals surface area contributed by atoms with Gasteiger partial charge in [-0.15, -0.1) is 0 Å². The standard InChI is InChI=1S/C27H33N9O2.C26H38BN3O4.C7H7ClN6/c1-6-36-10-9-17(12-22(37)24-33-25(34-38-24)27(2,3)4)21-8-7-18(11-19(21)14-36)23-28-16-29-26(32-23)31-20-13-30-35(5)15-20;1-9-30-13-12-17(15-21(31)22-28-23(29-32-22)24(2,3)4)20-11-10-19(14-18(20)16-30)27-33-25(5,6)26(7,8)34-27;1-14-3-5(2-11-14)12-7-10-4-9-6(8)13-7/h7-8,11,13,15-17H,6,9-10,12,14H2,1-5H3,(H,28,29,31,32);10-11,14,17H,9,12-13,15-16H2,1-8H3;2-4H,1H3,(H,9,10,12,13)/t2*17-;/m00./s1. The molecule has 86 heavy (non-hydrogen) atoms. The molecule has 3 aliphatic rings. The zero-order valence-corrected chi connectivity index (χ0v) is 52.5. The zero-order valence-electron chi connectivity index (χ0n) is 51.7. The largest absolute Gasteiger partial charge is 0.494 e. The summed E-state index contributed by atoms with van der Waals surface area (Å²) < 4.78 is 26.6. The fourth-order valence-corrected chi connectivity index (χ4v) is 10.2. The molecule has 9 heterocycles. The number of Topliss-reactive ketones (excluding diaryl/α,β-unsaturated/α-hetero) is 2. The Kier molecular flexibility index (Phi) is 19.1. The molecule has 11 rings (SSSR count). The smallest absolute Gasteiger partial charge is 0.399 e.